The first-order valence-electron chi connectivity index (χ1n) is 9.72. The Hall–Kier alpha value is -3.53. The second-order valence-corrected chi connectivity index (χ2v) is 8.45. The molecule has 0 radical (unpaired) electrons. The topological polar surface area (TPSA) is 116 Å². The molecule has 0 saturated heterocycles. The molecule has 0 atom stereocenters. The number of carbonyl (C=O) groups excluding carboxylic acids is 1. The van der Waals surface area contributed by atoms with Crippen molar-refractivity contribution in [1.29, 1.82) is 0 Å². The Morgan fingerprint density at radius 2 is 1.97 bits per heavy atom. The molecule has 2 aromatic heterocycles. The number of nitrogens with zero attached hydrogens (tertiary/aromatic N) is 4. The minimum Gasteiger partial charge on any atom is -0.494 e. The van der Waals surface area contributed by atoms with Crippen LogP contribution in [0.1, 0.15) is 31.3 Å². The normalized spacial score (nSPS) is 13.5. The number of anilines is 1. The van der Waals surface area contributed by atoms with E-state index in [1.165, 1.54) is 29.0 Å². The molecule has 0 fully saturated rings. The Morgan fingerprint density at radius 1 is 1.22 bits per heavy atom. The fourth-order valence-corrected chi connectivity index (χ4v) is 3.55. The first-order valence-corrected chi connectivity index (χ1v) is 10.1. The SMILES string of the molecule is COc1cc2c(cc1-n1nc(C(=O)O)c3cnc(Cl)cc31)OCCN2C(=O)OC(C)(C)C. The number of amides is 1. The molecule has 0 saturated carbocycles. The number of carbonyl (C=O) groups is 2. The number of pyridine rings is 1. The predicted octanol–water partition coefficient (Wildman–Crippen LogP) is 3.91. The van der Waals surface area contributed by atoms with E-state index in [4.69, 9.17) is 25.8 Å². The molecule has 3 heterocycles. The zero-order valence-corrected chi connectivity index (χ0v) is 18.6. The van der Waals surface area contributed by atoms with Crippen molar-refractivity contribution in [1.82, 2.24) is 14.8 Å². The van der Waals surface area contributed by atoms with Crippen LogP contribution in [0.25, 0.3) is 16.6 Å². The summed E-state index contributed by atoms with van der Waals surface area (Å²) >= 11 is 6.05. The van der Waals surface area contributed by atoms with E-state index in [2.05, 4.69) is 10.1 Å². The summed E-state index contributed by atoms with van der Waals surface area (Å²) in [6, 6.07) is 4.78. The van der Waals surface area contributed by atoms with Gasteiger partial charge in [-0.3, -0.25) is 4.90 Å². The number of rotatable bonds is 3. The summed E-state index contributed by atoms with van der Waals surface area (Å²) in [6.07, 6.45) is 0.850. The second kappa shape index (κ2) is 7.86. The number of ether oxygens (including phenoxy) is 3. The molecule has 0 spiro atoms. The zero-order chi connectivity index (χ0) is 23.2. The highest BCUT2D eigenvalue weighted by Gasteiger charge is 2.30. The predicted molar refractivity (Wildman–Crippen MR) is 116 cm³/mol. The first kappa shape index (κ1) is 21.7. The molecule has 0 aliphatic carbocycles. The number of benzene rings is 1. The van der Waals surface area contributed by atoms with Crippen molar-refractivity contribution >= 4 is 40.3 Å². The molecule has 1 aliphatic heterocycles. The van der Waals surface area contributed by atoms with Crippen molar-refractivity contribution in [3.05, 3.63) is 35.2 Å². The van der Waals surface area contributed by atoms with Crippen LogP contribution in [0.5, 0.6) is 11.5 Å². The Balaban J connectivity index is 1.87. The van der Waals surface area contributed by atoms with Crippen molar-refractivity contribution in [2.24, 2.45) is 0 Å². The molecule has 32 heavy (non-hydrogen) atoms. The van der Waals surface area contributed by atoms with Crippen LogP contribution < -0.4 is 14.4 Å². The fraction of sp³-hybridized carbons (Fsp3) is 0.333. The van der Waals surface area contributed by atoms with E-state index < -0.39 is 17.7 Å². The summed E-state index contributed by atoms with van der Waals surface area (Å²) in [5.41, 5.74) is 0.479. The number of fused-ring (bicyclic) bond motifs is 2. The number of aromatic nitrogens is 3. The number of hydrogen-bond acceptors (Lipinski definition) is 7. The average Bonchev–Trinajstić information content (AvgIpc) is 3.09. The molecule has 3 aromatic rings. The maximum absolute atomic E-state index is 12.7. The summed E-state index contributed by atoms with van der Waals surface area (Å²) in [5, 5.41) is 14.3. The molecular formula is C21H21ClN4O6. The van der Waals surface area contributed by atoms with E-state index in [-0.39, 0.29) is 17.5 Å². The van der Waals surface area contributed by atoms with Crippen molar-refractivity contribution in [3.8, 4) is 17.2 Å². The van der Waals surface area contributed by atoms with Crippen LogP contribution in [-0.2, 0) is 4.74 Å². The quantitative estimate of drug-likeness (QED) is 0.585. The van der Waals surface area contributed by atoms with Gasteiger partial charge in [-0.2, -0.15) is 5.10 Å². The largest absolute Gasteiger partial charge is 0.494 e. The van der Waals surface area contributed by atoms with Gasteiger partial charge < -0.3 is 19.3 Å². The van der Waals surface area contributed by atoms with E-state index in [0.29, 0.717) is 40.3 Å². The van der Waals surface area contributed by atoms with E-state index in [1.54, 1.807) is 32.9 Å². The number of hydrogen-bond donors (Lipinski definition) is 1. The summed E-state index contributed by atoms with van der Waals surface area (Å²) in [7, 11) is 1.46. The van der Waals surface area contributed by atoms with Crippen LogP contribution in [0.4, 0.5) is 10.5 Å². The molecule has 1 N–H and O–H groups in total. The van der Waals surface area contributed by atoms with Crippen LogP contribution in [0.15, 0.2) is 24.4 Å². The Labute approximate surface area is 188 Å². The maximum Gasteiger partial charge on any atom is 0.415 e. The Kier molecular flexibility index (Phi) is 5.33. The van der Waals surface area contributed by atoms with Gasteiger partial charge >= 0.3 is 12.1 Å². The zero-order valence-electron chi connectivity index (χ0n) is 17.9. The Morgan fingerprint density at radius 3 is 2.62 bits per heavy atom. The van der Waals surface area contributed by atoms with Crippen molar-refractivity contribution in [2.45, 2.75) is 26.4 Å². The maximum atomic E-state index is 12.7. The van der Waals surface area contributed by atoms with E-state index in [0.717, 1.165) is 0 Å². The van der Waals surface area contributed by atoms with Gasteiger partial charge in [0.2, 0.25) is 0 Å². The van der Waals surface area contributed by atoms with E-state index in [9.17, 15) is 14.7 Å². The summed E-state index contributed by atoms with van der Waals surface area (Å²) in [6.45, 7) is 5.93. The molecule has 0 bridgehead atoms. The molecule has 4 rings (SSSR count). The minimum atomic E-state index is -1.21. The lowest BCUT2D eigenvalue weighted by Gasteiger charge is -2.32. The highest BCUT2D eigenvalue weighted by atomic mass is 35.5. The molecule has 168 valence electrons. The van der Waals surface area contributed by atoms with Gasteiger partial charge in [-0.1, -0.05) is 11.6 Å². The van der Waals surface area contributed by atoms with Crippen LogP contribution in [0.2, 0.25) is 5.15 Å². The standard InChI is InChI=1S/C21H21ClN4O6/c1-21(2,3)32-20(29)25-5-6-31-16-8-14(15(30-4)7-13(16)25)26-12-9-17(22)23-10-11(12)18(24-26)19(27)28/h7-10H,5-6H2,1-4H3,(H,27,28). The van der Waals surface area contributed by atoms with E-state index >= 15 is 0 Å². The smallest absolute Gasteiger partial charge is 0.415 e. The lowest BCUT2D eigenvalue weighted by atomic mass is 10.2. The fourth-order valence-electron chi connectivity index (χ4n) is 3.40. The first-order chi connectivity index (χ1) is 15.1. The number of carboxylic acids is 1. The van der Waals surface area contributed by atoms with Gasteiger partial charge in [0.1, 0.15) is 34.5 Å². The minimum absolute atomic E-state index is 0.180. The lowest BCUT2D eigenvalue weighted by molar-refractivity contribution is 0.0567. The third kappa shape index (κ3) is 3.89. The molecule has 1 amide bonds. The molecule has 1 aromatic carbocycles. The lowest BCUT2D eigenvalue weighted by Crippen LogP contribution is -2.41. The van der Waals surface area contributed by atoms with Crippen LogP contribution in [-0.4, -0.2) is 57.8 Å². The summed E-state index contributed by atoms with van der Waals surface area (Å²) < 4.78 is 18.3. The number of carboxylic acid groups (broad SMARTS) is 1. The van der Waals surface area contributed by atoms with Gasteiger partial charge in [-0.15, -0.1) is 0 Å². The van der Waals surface area contributed by atoms with Crippen molar-refractivity contribution < 1.29 is 28.9 Å². The highest BCUT2D eigenvalue weighted by Crippen LogP contribution is 2.41. The van der Waals surface area contributed by atoms with Crippen molar-refractivity contribution in [2.75, 3.05) is 25.2 Å². The van der Waals surface area contributed by atoms with Crippen LogP contribution >= 0.6 is 11.6 Å². The van der Waals surface area contributed by atoms with Crippen LogP contribution in [0, 0.1) is 0 Å². The number of halogens is 1. The molecule has 1 aliphatic rings. The highest BCUT2D eigenvalue weighted by molar-refractivity contribution is 6.30. The van der Waals surface area contributed by atoms with Gasteiger partial charge in [0.25, 0.3) is 0 Å². The monoisotopic (exact) mass is 460 g/mol. The molecular weight excluding hydrogens is 440 g/mol. The number of aromatic carboxylic acids is 1. The van der Waals surface area contributed by atoms with Gasteiger partial charge in [0, 0.05) is 24.4 Å². The third-order valence-electron chi connectivity index (χ3n) is 4.70. The summed E-state index contributed by atoms with van der Waals surface area (Å²) in [5.74, 6) is -0.460. The molecule has 10 nitrogen and oxygen atoms in total. The van der Waals surface area contributed by atoms with Crippen LogP contribution in [0.3, 0.4) is 0 Å². The second-order valence-electron chi connectivity index (χ2n) is 8.06. The average molecular weight is 461 g/mol. The molecule has 0 unspecified atom stereocenters. The van der Waals surface area contributed by atoms with Gasteiger partial charge in [-0.05, 0) is 20.8 Å². The van der Waals surface area contributed by atoms with E-state index in [1.807, 2.05) is 0 Å². The van der Waals surface area contributed by atoms with Crippen molar-refractivity contribution in [3.63, 3.8) is 0 Å². The summed E-state index contributed by atoms with van der Waals surface area (Å²) in [4.78, 5) is 29.9. The molecule has 11 heteroatoms. The van der Waals surface area contributed by atoms with Gasteiger partial charge in [0.05, 0.1) is 30.2 Å². The Bertz CT molecular complexity index is 1230. The number of methoxy groups -OCH3 is 1. The van der Waals surface area contributed by atoms with Gasteiger partial charge in [-0.25, -0.2) is 19.3 Å². The van der Waals surface area contributed by atoms with Gasteiger partial charge in [0.15, 0.2) is 5.69 Å². The third-order valence-corrected chi connectivity index (χ3v) is 4.91.